The van der Waals surface area contributed by atoms with Gasteiger partial charge < -0.3 is 0 Å². The summed E-state index contributed by atoms with van der Waals surface area (Å²) in [5, 5.41) is 0. The average molecular weight is 443 g/mol. The quantitative estimate of drug-likeness (QED) is 0.416. The van der Waals surface area contributed by atoms with Crippen LogP contribution in [0.2, 0.25) is 0 Å². The van der Waals surface area contributed by atoms with Crippen molar-refractivity contribution < 1.29 is 74.6 Å². The van der Waals surface area contributed by atoms with Crippen molar-refractivity contribution in [1.82, 2.24) is 0 Å². The van der Waals surface area contributed by atoms with E-state index in [4.69, 9.17) is 0 Å². The fourth-order valence-electron chi connectivity index (χ4n) is 3.79. The summed E-state index contributed by atoms with van der Waals surface area (Å²) >= 11 is 0. The Hall–Kier alpha value is -1.19. The third kappa shape index (κ3) is 1.53. The molecule has 2 bridgehead atoms. The highest BCUT2D eigenvalue weighted by atomic mass is 19.4. The Labute approximate surface area is 135 Å². The standard InChI is InChI=1S/C10F17/c11-1-2(8(19,20)21)4(9(22,23)24,10(25,26)27)5(14,3(1,12)13)7(17,18)6(2,15)16. The number of alkyl halides is 16. The molecule has 0 spiro atoms. The molecule has 0 N–H and O–H groups in total. The van der Waals surface area contributed by atoms with Crippen molar-refractivity contribution in [2.45, 2.75) is 42.0 Å². The molecule has 2 aliphatic carbocycles. The van der Waals surface area contributed by atoms with E-state index in [0.29, 0.717) is 0 Å². The predicted molar refractivity (Wildman–Crippen MR) is 46.1 cm³/mol. The summed E-state index contributed by atoms with van der Waals surface area (Å²) in [4.78, 5) is 0. The number of halogens is 17. The fourth-order valence-corrected chi connectivity index (χ4v) is 3.79. The van der Waals surface area contributed by atoms with E-state index in [2.05, 4.69) is 0 Å². The molecule has 0 aromatic rings. The molecule has 2 rings (SSSR count). The fraction of sp³-hybridized carbons (Fsp3) is 0.900. The lowest BCUT2D eigenvalue weighted by molar-refractivity contribution is -0.437. The van der Waals surface area contributed by atoms with E-state index in [-0.39, 0.29) is 0 Å². The molecular weight excluding hydrogens is 443 g/mol. The van der Waals surface area contributed by atoms with Crippen LogP contribution < -0.4 is 0 Å². The van der Waals surface area contributed by atoms with Crippen LogP contribution in [0.3, 0.4) is 0 Å². The molecule has 17 heteroatoms. The third-order valence-electron chi connectivity index (χ3n) is 4.69. The molecule has 0 nitrogen and oxygen atoms in total. The molecule has 0 aliphatic heterocycles. The van der Waals surface area contributed by atoms with Gasteiger partial charge in [-0.2, -0.15) is 65.9 Å². The van der Waals surface area contributed by atoms with Crippen LogP contribution in [0, 0.1) is 17.0 Å². The topological polar surface area (TPSA) is 0 Å². The van der Waals surface area contributed by atoms with Crippen molar-refractivity contribution in [1.29, 1.82) is 0 Å². The summed E-state index contributed by atoms with van der Waals surface area (Å²) in [6.07, 6.45) is -29.8. The lowest BCUT2D eigenvalue weighted by Gasteiger charge is -2.46. The van der Waals surface area contributed by atoms with Gasteiger partial charge in [0, 0.05) is 0 Å². The van der Waals surface area contributed by atoms with Crippen LogP contribution in [0.1, 0.15) is 0 Å². The van der Waals surface area contributed by atoms with Crippen molar-refractivity contribution in [2.24, 2.45) is 10.8 Å². The molecule has 2 aliphatic rings. The molecule has 159 valence electrons. The summed E-state index contributed by atoms with van der Waals surface area (Å²) in [5.41, 5.74) is -24.4. The van der Waals surface area contributed by atoms with Crippen LogP contribution in [0.15, 0.2) is 0 Å². The van der Waals surface area contributed by atoms with Crippen LogP contribution in [-0.4, -0.2) is 42.0 Å². The summed E-state index contributed by atoms with van der Waals surface area (Å²) < 4.78 is 226. The Morgan fingerprint density at radius 1 is 0.519 bits per heavy atom. The lowest BCUT2D eigenvalue weighted by Crippen LogP contribution is -2.70. The Balaban J connectivity index is 3.37. The molecule has 0 amide bonds. The van der Waals surface area contributed by atoms with Crippen molar-refractivity contribution >= 4 is 0 Å². The molecule has 2 atom stereocenters. The summed E-state index contributed by atoms with van der Waals surface area (Å²) in [6, 6.07) is 0. The van der Waals surface area contributed by atoms with E-state index < -0.39 is 59.0 Å². The first-order valence-electron chi connectivity index (χ1n) is 5.96. The van der Waals surface area contributed by atoms with Crippen molar-refractivity contribution in [3.8, 4) is 0 Å². The minimum Gasteiger partial charge on any atom is -0.232 e. The molecule has 2 fully saturated rings. The Bertz CT molecular complexity index is 634. The SMILES string of the molecule is F[C]1C(F)(F)C2(F)C(F)(F)C(F)(F)C1(C(F)(F)F)C2(C(F)(F)F)C(F)(F)F. The molecule has 0 aromatic carbocycles. The Kier molecular flexibility index (Phi) is 3.70. The first kappa shape index (κ1) is 22.1. The summed E-state index contributed by atoms with van der Waals surface area (Å²) in [7, 11) is 0. The van der Waals surface area contributed by atoms with E-state index >= 15 is 0 Å². The molecule has 0 aromatic heterocycles. The smallest absolute Gasteiger partial charge is 0.232 e. The number of rotatable bonds is 0. The minimum atomic E-state index is -8.27. The second kappa shape index (κ2) is 4.52. The maximum absolute atomic E-state index is 14.3. The van der Waals surface area contributed by atoms with Crippen LogP contribution in [0.4, 0.5) is 74.6 Å². The lowest BCUT2D eigenvalue weighted by atomic mass is 9.62. The van der Waals surface area contributed by atoms with Gasteiger partial charge in [-0.3, -0.25) is 0 Å². The molecule has 0 saturated heterocycles. The van der Waals surface area contributed by atoms with E-state index in [1.165, 1.54) is 0 Å². The first-order valence-corrected chi connectivity index (χ1v) is 5.96. The van der Waals surface area contributed by atoms with Crippen molar-refractivity contribution in [3.05, 3.63) is 6.17 Å². The van der Waals surface area contributed by atoms with Gasteiger partial charge in [-0.15, -0.1) is 0 Å². The van der Waals surface area contributed by atoms with Crippen LogP contribution >= 0.6 is 0 Å². The van der Waals surface area contributed by atoms with Crippen molar-refractivity contribution in [2.75, 3.05) is 0 Å². The Morgan fingerprint density at radius 2 is 0.852 bits per heavy atom. The van der Waals surface area contributed by atoms with Gasteiger partial charge in [-0.05, 0) is 0 Å². The maximum Gasteiger partial charge on any atom is 0.408 e. The highest BCUT2D eigenvalue weighted by Gasteiger charge is 3.20. The monoisotopic (exact) mass is 443 g/mol. The Morgan fingerprint density at radius 3 is 1.07 bits per heavy atom. The zero-order valence-corrected chi connectivity index (χ0v) is 11.4. The minimum absolute atomic E-state index is 5.25. The normalized spacial score (nSPS) is 37.7. The highest BCUT2D eigenvalue weighted by molar-refractivity contribution is 5.51. The average Bonchev–Trinajstić information content (AvgIpc) is 2.57. The zero-order valence-electron chi connectivity index (χ0n) is 11.4. The van der Waals surface area contributed by atoms with E-state index in [9.17, 15) is 74.6 Å². The molecule has 2 unspecified atom stereocenters. The van der Waals surface area contributed by atoms with E-state index in [1.54, 1.807) is 0 Å². The van der Waals surface area contributed by atoms with Crippen LogP contribution in [0.5, 0.6) is 0 Å². The van der Waals surface area contributed by atoms with Gasteiger partial charge in [0.2, 0.25) is 17.0 Å². The van der Waals surface area contributed by atoms with Crippen LogP contribution in [-0.2, 0) is 0 Å². The molecule has 0 heterocycles. The number of hydrogen-bond donors (Lipinski definition) is 0. The second-order valence-electron chi connectivity index (χ2n) is 5.69. The largest absolute Gasteiger partial charge is 0.408 e. The molecule has 27 heavy (non-hydrogen) atoms. The summed E-state index contributed by atoms with van der Waals surface area (Å²) in [5.74, 6) is -23.4. The van der Waals surface area contributed by atoms with Crippen molar-refractivity contribution in [3.63, 3.8) is 0 Å². The van der Waals surface area contributed by atoms with Gasteiger partial charge in [0.05, 0.1) is 0 Å². The maximum atomic E-state index is 14.3. The van der Waals surface area contributed by atoms with Gasteiger partial charge in [0.15, 0.2) is 0 Å². The highest BCUT2D eigenvalue weighted by Crippen LogP contribution is 2.93. The number of hydrogen-bond acceptors (Lipinski definition) is 0. The third-order valence-corrected chi connectivity index (χ3v) is 4.69. The first-order chi connectivity index (χ1) is 11.4. The summed E-state index contributed by atoms with van der Waals surface area (Å²) in [6.45, 7) is 0. The molecule has 1 radical (unpaired) electrons. The van der Waals surface area contributed by atoms with Gasteiger partial charge in [-0.25, -0.2) is 8.78 Å². The van der Waals surface area contributed by atoms with Gasteiger partial charge >= 0.3 is 36.3 Å². The molecular formula is C10F17. The predicted octanol–water partition coefficient (Wildman–Crippen LogP) is 5.79. The second-order valence-corrected chi connectivity index (χ2v) is 5.69. The van der Waals surface area contributed by atoms with Gasteiger partial charge in [0.1, 0.15) is 0 Å². The van der Waals surface area contributed by atoms with Gasteiger partial charge in [0.25, 0.3) is 5.67 Å². The molecule has 2 saturated carbocycles. The zero-order chi connectivity index (χ0) is 22.1. The van der Waals surface area contributed by atoms with Gasteiger partial charge in [-0.1, -0.05) is 0 Å². The van der Waals surface area contributed by atoms with E-state index in [0.717, 1.165) is 0 Å². The number of fused-ring (bicyclic) bond motifs is 2. The van der Waals surface area contributed by atoms with E-state index in [1.807, 2.05) is 0 Å². The van der Waals surface area contributed by atoms with Crippen LogP contribution in [0.25, 0.3) is 0 Å².